The molecule has 1 aromatic carbocycles. The molecule has 0 aromatic heterocycles. The lowest BCUT2D eigenvalue weighted by Gasteiger charge is -2.30. The third kappa shape index (κ3) is 4.42. The topological polar surface area (TPSA) is 78.8 Å². The number of hydrogen-bond acceptors (Lipinski definition) is 4. The molecule has 2 rings (SSSR count). The van der Waals surface area contributed by atoms with Crippen molar-refractivity contribution in [3.05, 3.63) is 29.8 Å². The Labute approximate surface area is 144 Å². The predicted molar refractivity (Wildman–Crippen MR) is 94.2 cm³/mol. The van der Waals surface area contributed by atoms with Gasteiger partial charge in [-0.15, -0.1) is 0 Å². The van der Waals surface area contributed by atoms with E-state index in [-0.39, 0.29) is 23.3 Å². The van der Waals surface area contributed by atoms with Crippen LogP contribution >= 0.6 is 0 Å². The highest BCUT2D eigenvalue weighted by molar-refractivity contribution is 7.89. The Morgan fingerprint density at radius 2 is 2.00 bits per heavy atom. The molecule has 1 amide bonds. The molecule has 1 aliphatic rings. The minimum Gasteiger partial charge on any atom is -0.273 e. The van der Waals surface area contributed by atoms with E-state index in [0.717, 1.165) is 17.7 Å². The molecule has 0 bridgehead atoms. The van der Waals surface area contributed by atoms with Crippen LogP contribution in [0.1, 0.15) is 38.7 Å². The van der Waals surface area contributed by atoms with E-state index in [0.29, 0.717) is 19.4 Å². The normalized spacial score (nSPS) is 20.0. The Morgan fingerprint density at radius 1 is 1.33 bits per heavy atom. The van der Waals surface area contributed by atoms with E-state index < -0.39 is 10.0 Å². The summed E-state index contributed by atoms with van der Waals surface area (Å²) in [6.07, 6.45) is 2.10. The zero-order valence-corrected chi connectivity index (χ0v) is 15.3. The molecular formula is C17H25N3O3S. The van der Waals surface area contributed by atoms with Crippen molar-refractivity contribution in [1.82, 2.24) is 9.73 Å². The van der Waals surface area contributed by atoms with Crippen LogP contribution < -0.4 is 5.43 Å². The van der Waals surface area contributed by atoms with Crippen molar-refractivity contribution >= 4 is 21.6 Å². The third-order valence-corrected chi connectivity index (χ3v) is 6.16. The van der Waals surface area contributed by atoms with Crippen LogP contribution in [0.25, 0.3) is 0 Å². The summed E-state index contributed by atoms with van der Waals surface area (Å²) < 4.78 is 26.9. The molecule has 6 nitrogen and oxygen atoms in total. The number of hydrazone groups is 1. The van der Waals surface area contributed by atoms with Gasteiger partial charge in [0.15, 0.2) is 0 Å². The lowest BCUT2D eigenvalue weighted by molar-refractivity contribution is -0.126. The number of carbonyl (C=O) groups excluding carboxylic acids is 1. The van der Waals surface area contributed by atoms with Crippen LogP contribution in [-0.2, 0) is 14.8 Å². The molecule has 1 N–H and O–H groups in total. The second-order valence-electron chi connectivity index (χ2n) is 6.19. The van der Waals surface area contributed by atoms with Gasteiger partial charge in [0.2, 0.25) is 15.9 Å². The number of carbonyl (C=O) groups is 1. The molecule has 1 heterocycles. The predicted octanol–water partition coefficient (Wildman–Crippen LogP) is 2.30. The summed E-state index contributed by atoms with van der Waals surface area (Å²) in [6, 6.07) is 6.79. The number of benzene rings is 1. The van der Waals surface area contributed by atoms with Crippen LogP contribution in [0, 0.1) is 12.8 Å². The number of amides is 1. The van der Waals surface area contributed by atoms with Crippen molar-refractivity contribution in [2.24, 2.45) is 11.0 Å². The van der Waals surface area contributed by atoms with Gasteiger partial charge in [0, 0.05) is 18.8 Å². The Bertz CT molecular complexity index is 711. The summed E-state index contributed by atoms with van der Waals surface area (Å²) >= 11 is 0. The van der Waals surface area contributed by atoms with E-state index in [1.807, 2.05) is 20.8 Å². The van der Waals surface area contributed by atoms with Crippen LogP contribution in [0.4, 0.5) is 0 Å². The fourth-order valence-corrected chi connectivity index (χ4v) is 4.08. The quantitative estimate of drug-likeness (QED) is 0.653. The SMILES string of the molecule is CC/C(C)=N\NC(=O)[C@@H]1CCCN(S(=O)(=O)c2ccc(C)cc2)C1. The molecule has 1 saturated heterocycles. The maximum atomic E-state index is 12.7. The first-order valence-electron chi connectivity index (χ1n) is 8.24. The second kappa shape index (κ2) is 7.90. The number of piperidine rings is 1. The van der Waals surface area contributed by atoms with Crippen molar-refractivity contribution in [2.45, 2.75) is 44.9 Å². The maximum Gasteiger partial charge on any atom is 0.244 e. The monoisotopic (exact) mass is 351 g/mol. The molecule has 132 valence electrons. The van der Waals surface area contributed by atoms with Crippen molar-refractivity contribution in [1.29, 1.82) is 0 Å². The zero-order valence-electron chi connectivity index (χ0n) is 14.4. The fraction of sp³-hybridized carbons (Fsp3) is 0.529. The third-order valence-electron chi connectivity index (χ3n) is 4.28. The fourth-order valence-electron chi connectivity index (χ4n) is 2.55. The van der Waals surface area contributed by atoms with Crippen molar-refractivity contribution in [3.63, 3.8) is 0 Å². The Kier molecular flexibility index (Phi) is 6.12. The standard InChI is InChI=1S/C17H25N3O3S/c1-4-14(3)18-19-17(21)15-6-5-11-20(12-15)24(22,23)16-9-7-13(2)8-10-16/h7-10,15H,4-6,11-12H2,1-3H3,(H,19,21)/b18-14-/t15-/m1/s1. The van der Waals surface area contributed by atoms with E-state index in [9.17, 15) is 13.2 Å². The largest absolute Gasteiger partial charge is 0.273 e. The molecule has 0 unspecified atom stereocenters. The average Bonchev–Trinajstić information content (AvgIpc) is 2.59. The van der Waals surface area contributed by atoms with E-state index in [1.165, 1.54) is 4.31 Å². The Balaban J connectivity index is 2.09. The number of sulfonamides is 1. The van der Waals surface area contributed by atoms with Crippen LogP contribution in [0.15, 0.2) is 34.3 Å². The molecule has 1 atom stereocenters. The molecule has 1 aliphatic heterocycles. The van der Waals surface area contributed by atoms with Gasteiger partial charge >= 0.3 is 0 Å². The van der Waals surface area contributed by atoms with E-state index in [2.05, 4.69) is 10.5 Å². The van der Waals surface area contributed by atoms with E-state index in [1.54, 1.807) is 24.3 Å². The molecule has 1 fully saturated rings. The molecule has 24 heavy (non-hydrogen) atoms. The van der Waals surface area contributed by atoms with Crippen molar-refractivity contribution in [3.8, 4) is 0 Å². The molecule has 0 saturated carbocycles. The first kappa shape index (κ1) is 18.6. The lowest BCUT2D eigenvalue weighted by atomic mass is 9.99. The van der Waals surface area contributed by atoms with Gasteiger partial charge in [-0.25, -0.2) is 13.8 Å². The van der Waals surface area contributed by atoms with Gasteiger partial charge in [-0.05, 0) is 45.2 Å². The van der Waals surface area contributed by atoms with Crippen molar-refractivity contribution in [2.75, 3.05) is 13.1 Å². The minimum atomic E-state index is -3.56. The highest BCUT2D eigenvalue weighted by atomic mass is 32.2. The number of hydrogen-bond donors (Lipinski definition) is 1. The number of aryl methyl sites for hydroxylation is 1. The summed E-state index contributed by atoms with van der Waals surface area (Å²) in [6.45, 7) is 6.35. The van der Waals surface area contributed by atoms with Crippen LogP contribution in [0.5, 0.6) is 0 Å². The minimum absolute atomic E-state index is 0.197. The molecule has 0 spiro atoms. The van der Waals surface area contributed by atoms with E-state index in [4.69, 9.17) is 0 Å². The Morgan fingerprint density at radius 3 is 2.62 bits per heavy atom. The van der Waals surface area contributed by atoms with Gasteiger partial charge in [-0.1, -0.05) is 24.6 Å². The maximum absolute atomic E-state index is 12.7. The van der Waals surface area contributed by atoms with Gasteiger partial charge in [0.25, 0.3) is 0 Å². The summed E-state index contributed by atoms with van der Waals surface area (Å²) in [7, 11) is -3.56. The van der Waals surface area contributed by atoms with Crippen LogP contribution in [0.2, 0.25) is 0 Å². The highest BCUT2D eigenvalue weighted by Crippen LogP contribution is 2.24. The number of nitrogens with one attached hydrogen (secondary N) is 1. The lowest BCUT2D eigenvalue weighted by Crippen LogP contribution is -2.44. The average molecular weight is 351 g/mol. The number of rotatable bonds is 5. The first-order chi connectivity index (χ1) is 11.3. The van der Waals surface area contributed by atoms with Crippen molar-refractivity contribution < 1.29 is 13.2 Å². The van der Waals surface area contributed by atoms with E-state index >= 15 is 0 Å². The van der Waals surface area contributed by atoms with Crippen LogP contribution in [-0.4, -0.2) is 37.4 Å². The molecule has 0 radical (unpaired) electrons. The smallest absolute Gasteiger partial charge is 0.244 e. The molecular weight excluding hydrogens is 326 g/mol. The first-order valence-corrected chi connectivity index (χ1v) is 9.68. The summed E-state index contributed by atoms with van der Waals surface area (Å²) in [5, 5.41) is 4.02. The molecule has 1 aromatic rings. The van der Waals surface area contributed by atoms with Gasteiger partial charge in [-0.3, -0.25) is 4.79 Å². The van der Waals surface area contributed by atoms with Gasteiger partial charge in [-0.2, -0.15) is 9.41 Å². The van der Waals surface area contributed by atoms with Gasteiger partial charge in [0.05, 0.1) is 10.8 Å². The zero-order chi connectivity index (χ0) is 17.7. The number of nitrogens with zero attached hydrogens (tertiary/aromatic N) is 2. The molecule has 7 heteroatoms. The van der Waals surface area contributed by atoms with Gasteiger partial charge in [0.1, 0.15) is 0 Å². The summed E-state index contributed by atoms with van der Waals surface area (Å²) in [5.41, 5.74) is 4.39. The van der Waals surface area contributed by atoms with Gasteiger partial charge < -0.3 is 0 Å². The Hall–Kier alpha value is -1.73. The summed E-state index contributed by atoms with van der Waals surface area (Å²) in [4.78, 5) is 12.5. The second-order valence-corrected chi connectivity index (χ2v) is 8.13. The van der Waals surface area contributed by atoms with Crippen LogP contribution in [0.3, 0.4) is 0 Å². The summed E-state index contributed by atoms with van der Waals surface area (Å²) in [5.74, 6) is -0.584. The highest BCUT2D eigenvalue weighted by Gasteiger charge is 2.33. The molecule has 0 aliphatic carbocycles.